The number of carbonyl (C=O) groups is 2. The molecule has 1 atom stereocenters. The number of hydrogen-bond acceptors (Lipinski definition) is 3. The van der Waals surface area contributed by atoms with Gasteiger partial charge in [-0.05, 0) is 44.0 Å². The molecule has 0 spiro atoms. The average molecular weight is 237 g/mol. The molecule has 0 saturated heterocycles. The molecule has 0 radical (unpaired) electrons. The third kappa shape index (κ3) is 2.96. The van der Waals surface area contributed by atoms with Gasteiger partial charge < -0.3 is 15.5 Å². The average Bonchev–Trinajstić information content (AvgIpc) is 2.24. The van der Waals surface area contributed by atoms with Gasteiger partial charge in [-0.1, -0.05) is 0 Å². The van der Waals surface area contributed by atoms with E-state index in [4.69, 9.17) is 5.11 Å². The first-order valence-corrected chi connectivity index (χ1v) is 5.16. The molecule has 5 nitrogen and oxygen atoms in total. The fourth-order valence-corrected chi connectivity index (χ4v) is 1.29. The standard InChI is InChI=1S/C12H15NO4/c1-6-5-10(14)7(2)4-9(6)13-11(15)8(3)12(16)17/h4-5,8,14H,1-3H3,(H,13,15)(H,16,17). The van der Waals surface area contributed by atoms with Crippen LogP contribution in [0.2, 0.25) is 0 Å². The lowest BCUT2D eigenvalue weighted by atomic mass is 10.1. The Hall–Kier alpha value is -2.04. The van der Waals surface area contributed by atoms with Crippen LogP contribution in [0.3, 0.4) is 0 Å². The minimum atomic E-state index is -1.17. The van der Waals surface area contributed by atoms with Crippen LogP contribution >= 0.6 is 0 Å². The molecule has 0 aliphatic carbocycles. The van der Waals surface area contributed by atoms with E-state index in [1.54, 1.807) is 19.9 Å². The molecule has 0 aromatic heterocycles. The van der Waals surface area contributed by atoms with Gasteiger partial charge in [-0.25, -0.2) is 0 Å². The van der Waals surface area contributed by atoms with E-state index in [0.29, 0.717) is 16.8 Å². The third-order valence-corrected chi connectivity index (χ3v) is 2.56. The molecule has 5 heteroatoms. The SMILES string of the molecule is Cc1cc(NC(=O)C(C)C(=O)O)c(C)cc1O. The second-order valence-corrected chi connectivity index (χ2v) is 4.00. The Bertz CT molecular complexity index is 468. The maximum Gasteiger partial charge on any atom is 0.315 e. The highest BCUT2D eigenvalue weighted by Crippen LogP contribution is 2.25. The molecule has 0 aliphatic heterocycles. The monoisotopic (exact) mass is 237 g/mol. The first-order chi connectivity index (χ1) is 7.82. The lowest BCUT2D eigenvalue weighted by Gasteiger charge is -2.12. The number of carboxylic acid groups (broad SMARTS) is 1. The molecular weight excluding hydrogens is 222 g/mol. The van der Waals surface area contributed by atoms with Crippen LogP contribution in [-0.4, -0.2) is 22.1 Å². The number of nitrogens with one attached hydrogen (secondary N) is 1. The second kappa shape index (κ2) is 4.86. The zero-order valence-electron chi connectivity index (χ0n) is 9.94. The van der Waals surface area contributed by atoms with Gasteiger partial charge in [0.25, 0.3) is 0 Å². The van der Waals surface area contributed by atoms with E-state index in [9.17, 15) is 14.7 Å². The highest BCUT2D eigenvalue weighted by Gasteiger charge is 2.21. The molecule has 1 amide bonds. The van der Waals surface area contributed by atoms with Crippen LogP contribution in [0.4, 0.5) is 5.69 Å². The van der Waals surface area contributed by atoms with E-state index in [1.165, 1.54) is 13.0 Å². The van der Waals surface area contributed by atoms with Crippen LogP contribution in [0, 0.1) is 19.8 Å². The van der Waals surface area contributed by atoms with Crippen molar-refractivity contribution in [2.75, 3.05) is 5.32 Å². The first-order valence-electron chi connectivity index (χ1n) is 5.16. The lowest BCUT2D eigenvalue weighted by molar-refractivity contribution is -0.144. The topological polar surface area (TPSA) is 86.6 Å². The van der Waals surface area contributed by atoms with Crippen molar-refractivity contribution in [3.63, 3.8) is 0 Å². The van der Waals surface area contributed by atoms with Gasteiger partial charge in [0.15, 0.2) is 0 Å². The quantitative estimate of drug-likeness (QED) is 0.551. The van der Waals surface area contributed by atoms with Crippen molar-refractivity contribution >= 4 is 17.6 Å². The number of anilines is 1. The van der Waals surface area contributed by atoms with Crippen LogP contribution in [0.5, 0.6) is 5.75 Å². The summed E-state index contributed by atoms with van der Waals surface area (Å²) in [5.74, 6) is -2.71. The highest BCUT2D eigenvalue weighted by atomic mass is 16.4. The van der Waals surface area contributed by atoms with Crippen molar-refractivity contribution in [1.82, 2.24) is 0 Å². The number of carbonyl (C=O) groups excluding carboxylic acids is 1. The zero-order valence-corrected chi connectivity index (χ0v) is 9.94. The van der Waals surface area contributed by atoms with Gasteiger partial charge in [-0.2, -0.15) is 0 Å². The number of rotatable bonds is 3. The van der Waals surface area contributed by atoms with Crippen LogP contribution in [0.25, 0.3) is 0 Å². The van der Waals surface area contributed by atoms with Crippen LogP contribution in [0.1, 0.15) is 18.1 Å². The number of aryl methyl sites for hydroxylation is 2. The van der Waals surface area contributed by atoms with Gasteiger partial charge in [-0.15, -0.1) is 0 Å². The number of benzene rings is 1. The molecule has 0 bridgehead atoms. The van der Waals surface area contributed by atoms with E-state index in [2.05, 4.69) is 5.32 Å². The second-order valence-electron chi connectivity index (χ2n) is 4.00. The van der Waals surface area contributed by atoms with E-state index in [-0.39, 0.29) is 5.75 Å². The minimum absolute atomic E-state index is 0.145. The Labute approximate surface area is 99.1 Å². The molecule has 0 heterocycles. The predicted molar refractivity (Wildman–Crippen MR) is 63.0 cm³/mol. The molecule has 0 saturated carbocycles. The van der Waals surface area contributed by atoms with Gasteiger partial charge in [0.1, 0.15) is 11.7 Å². The van der Waals surface area contributed by atoms with E-state index < -0.39 is 17.8 Å². The summed E-state index contributed by atoms with van der Waals surface area (Å²) < 4.78 is 0. The van der Waals surface area contributed by atoms with Gasteiger partial charge in [0, 0.05) is 5.69 Å². The van der Waals surface area contributed by atoms with Gasteiger partial charge in [-0.3, -0.25) is 9.59 Å². The smallest absolute Gasteiger partial charge is 0.315 e. The number of aromatic hydroxyl groups is 1. The Kier molecular flexibility index (Phi) is 3.73. The maximum absolute atomic E-state index is 11.5. The number of aliphatic carboxylic acids is 1. The first kappa shape index (κ1) is 13.0. The third-order valence-electron chi connectivity index (χ3n) is 2.56. The van der Waals surface area contributed by atoms with Crippen LogP contribution in [-0.2, 0) is 9.59 Å². The Morgan fingerprint density at radius 1 is 1.24 bits per heavy atom. The molecule has 1 rings (SSSR count). The Balaban J connectivity index is 2.93. The van der Waals surface area contributed by atoms with E-state index in [1.807, 2.05) is 0 Å². The van der Waals surface area contributed by atoms with Gasteiger partial charge >= 0.3 is 5.97 Å². The summed E-state index contributed by atoms with van der Waals surface area (Å²) in [4.78, 5) is 22.2. The number of phenols is 1. The minimum Gasteiger partial charge on any atom is -0.508 e. The summed E-state index contributed by atoms with van der Waals surface area (Å²) in [5.41, 5.74) is 1.81. The van der Waals surface area contributed by atoms with Crippen molar-refractivity contribution in [3.05, 3.63) is 23.3 Å². The lowest BCUT2D eigenvalue weighted by Crippen LogP contribution is -2.27. The van der Waals surface area contributed by atoms with Crippen molar-refractivity contribution in [1.29, 1.82) is 0 Å². The molecule has 1 unspecified atom stereocenters. The Morgan fingerprint density at radius 2 is 1.82 bits per heavy atom. The predicted octanol–water partition coefficient (Wildman–Crippen LogP) is 1.67. The van der Waals surface area contributed by atoms with Crippen LogP contribution < -0.4 is 5.32 Å². The van der Waals surface area contributed by atoms with Gasteiger partial charge in [0.05, 0.1) is 0 Å². The summed E-state index contributed by atoms with van der Waals surface area (Å²) >= 11 is 0. The van der Waals surface area contributed by atoms with Crippen molar-refractivity contribution in [2.45, 2.75) is 20.8 Å². The van der Waals surface area contributed by atoms with Crippen molar-refractivity contribution in [3.8, 4) is 5.75 Å². The molecule has 92 valence electrons. The largest absolute Gasteiger partial charge is 0.508 e. The molecule has 3 N–H and O–H groups in total. The number of phenolic OH excluding ortho intramolecular Hbond substituents is 1. The van der Waals surface area contributed by atoms with E-state index >= 15 is 0 Å². The fourth-order valence-electron chi connectivity index (χ4n) is 1.29. The van der Waals surface area contributed by atoms with Gasteiger partial charge in [0.2, 0.25) is 5.91 Å². The van der Waals surface area contributed by atoms with Crippen molar-refractivity contribution in [2.24, 2.45) is 5.92 Å². The number of carboxylic acids is 1. The Morgan fingerprint density at radius 3 is 2.35 bits per heavy atom. The molecule has 1 aromatic rings. The normalized spacial score (nSPS) is 11.9. The number of hydrogen-bond donors (Lipinski definition) is 3. The summed E-state index contributed by atoms with van der Waals surface area (Å²) in [6, 6.07) is 3.13. The zero-order chi connectivity index (χ0) is 13.2. The molecular formula is C12H15NO4. The molecule has 17 heavy (non-hydrogen) atoms. The van der Waals surface area contributed by atoms with Crippen LogP contribution in [0.15, 0.2) is 12.1 Å². The fraction of sp³-hybridized carbons (Fsp3) is 0.333. The maximum atomic E-state index is 11.5. The molecule has 0 aliphatic rings. The molecule has 0 fully saturated rings. The van der Waals surface area contributed by atoms with Crippen molar-refractivity contribution < 1.29 is 19.8 Å². The highest BCUT2D eigenvalue weighted by molar-refractivity contribution is 6.04. The summed E-state index contributed by atoms with van der Waals surface area (Å²) in [6.45, 7) is 4.74. The molecule has 1 aromatic carbocycles. The summed E-state index contributed by atoms with van der Waals surface area (Å²) in [6.07, 6.45) is 0. The van der Waals surface area contributed by atoms with E-state index in [0.717, 1.165) is 0 Å². The number of amides is 1. The summed E-state index contributed by atoms with van der Waals surface area (Å²) in [7, 11) is 0. The summed E-state index contributed by atoms with van der Waals surface area (Å²) in [5, 5.41) is 20.7.